The molecule has 0 spiro atoms. The van der Waals surface area contributed by atoms with E-state index >= 15 is 0 Å². The highest BCUT2D eigenvalue weighted by Gasteiger charge is 2.32. The van der Waals surface area contributed by atoms with Crippen molar-refractivity contribution in [1.82, 2.24) is 20.5 Å². The number of nitrogens with one attached hydrogen (secondary N) is 2. The molecular weight excluding hydrogens is 477 g/mol. The number of hydrogen-bond acceptors (Lipinski definition) is 3. The number of amides is 1. The van der Waals surface area contributed by atoms with Gasteiger partial charge < -0.3 is 15.5 Å². The quantitative estimate of drug-likeness (QED) is 0.379. The van der Waals surface area contributed by atoms with E-state index in [1.54, 1.807) is 7.05 Å². The number of carbonyl (C=O) groups is 1. The molecule has 1 aromatic heterocycles. The van der Waals surface area contributed by atoms with Crippen LogP contribution in [-0.2, 0) is 11.3 Å². The molecule has 156 valence electrons. The highest BCUT2D eigenvalue weighted by Crippen LogP contribution is 2.27. The molecule has 2 heterocycles. The van der Waals surface area contributed by atoms with Gasteiger partial charge in [0, 0.05) is 43.7 Å². The van der Waals surface area contributed by atoms with E-state index in [0.29, 0.717) is 12.5 Å². The summed E-state index contributed by atoms with van der Waals surface area (Å²) in [5.41, 5.74) is 1.01. The first-order valence-electron chi connectivity index (χ1n) is 10.3. The zero-order valence-electron chi connectivity index (χ0n) is 16.9. The average Bonchev–Trinajstić information content (AvgIpc) is 3.43. The van der Waals surface area contributed by atoms with Crippen LogP contribution in [-0.4, -0.2) is 47.9 Å². The molecule has 1 saturated carbocycles. The van der Waals surface area contributed by atoms with Gasteiger partial charge in [0.1, 0.15) is 0 Å². The summed E-state index contributed by atoms with van der Waals surface area (Å²) in [6, 6.07) is 10.5. The Morgan fingerprint density at radius 2 is 2.00 bits per heavy atom. The van der Waals surface area contributed by atoms with Gasteiger partial charge in [-0.1, -0.05) is 37.1 Å². The van der Waals surface area contributed by atoms with Gasteiger partial charge >= 0.3 is 0 Å². The molecule has 1 aliphatic heterocycles. The van der Waals surface area contributed by atoms with Crippen LogP contribution in [0.3, 0.4) is 0 Å². The van der Waals surface area contributed by atoms with Crippen molar-refractivity contribution in [2.45, 2.75) is 44.7 Å². The second-order valence-electron chi connectivity index (χ2n) is 7.80. The number of nitrogens with zero attached hydrogens (tertiary/aromatic N) is 3. The molecule has 2 aromatic rings. The SMILES string of the molecule is CN=C(NCc1nccc2ccccc12)NC1CCN(C(=O)C2CCCC2)C1.I. The molecule has 1 saturated heterocycles. The number of benzene rings is 1. The van der Waals surface area contributed by atoms with E-state index in [9.17, 15) is 4.79 Å². The third kappa shape index (κ3) is 5.18. The summed E-state index contributed by atoms with van der Waals surface area (Å²) in [7, 11) is 1.78. The number of guanidine groups is 1. The molecule has 29 heavy (non-hydrogen) atoms. The van der Waals surface area contributed by atoms with E-state index in [1.165, 1.54) is 18.2 Å². The molecule has 0 radical (unpaired) electrons. The van der Waals surface area contributed by atoms with Gasteiger partial charge in [-0.15, -0.1) is 24.0 Å². The number of rotatable bonds is 4. The van der Waals surface area contributed by atoms with Crippen molar-refractivity contribution in [3.8, 4) is 0 Å². The number of aliphatic imine (C=N–C) groups is 1. The van der Waals surface area contributed by atoms with Crippen molar-refractivity contribution in [2.75, 3.05) is 20.1 Å². The Labute approximate surface area is 189 Å². The maximum Gasteiger partial charge on any atom is 0.225 e. The van der Waals surface area contributed by atoms with Crippen LogP contribution in [0.25, 0.3) is 10.8 Å². The lowest BCUT2D eigenvalue weighted by Gasteiger charge is -2.21. The summed E-state index contributed by atoms with van der Waals surface area (Å²) in [5, 5.41) is 9.20. The van der Waals surface area contributed by atoms with E-state index < -0.39 is 0 Å². The lowest BCUT2D eigenvalue weighted by molar-refractivity contribution is -0.134. The molecule has 1 amide bonds. The maximum absolute atomic E-state index is 12.6. The van der Waals surface area contributed by atoms with Crippen molar-refractivity contribution in [2.24, 2.45) is 10.9 Å². The molecule has 2 N–H and O–H groups in total. The van der Waals surface area contributed by atoms with E-state index in [1.807, 2.05) is 29.3 Å². The van der Waals surface area contributed by atoms with E-state index in [0.717, 1.165) is 49.4 Å². The fourth-order valence-electron chi connectivity index (χ4n) is 4.39. The largest absolute Gasteiger partial charge is 0.352 e. The highest BCUT2D eigenvalue weighted by molar-refractivity contribution is 14.0. The van der Waals surface area contributed by atoms with Crippen LogP contribution in [0.2, 0.25) is 0 Å². The summed E-state index contributed by atoms with van der Waals surface area (Å²) in [4.78, 5) is 23.5. The second kappa shape index (κ2) is 10.2. The van der Waals surface area contributed by atoms with Gasteiger partial charge in [0.25, 0.3) is 0 Å². The first kappa shape index (κ1) is 21.8. The molecule has 2 fully saturated rings. The predicted molar refractivity (Wildman–Crippen MR) is 127 cm³/mol. The number of halogens is 1. The van der Waals surface area contributed by atoms with Crippen LogP contribution in [0.5, 0.6) is 0 Å². The molecule has 1 atom stereocenters. The molecule has 6 nitrogen and oxygen atoms in total. The summed E-state index contributed by atoms with van der Waals surface area (Å²) in [6.45, 7) is 2.22. The van der Waals surface area contributed by atoms with Crippen LogP contribution in [0, 0.1) is 5.92 Å². The minimum atomic E-state index is 0. The Balaban J connectivity index is 0.00000240. The minimum absolute atomic E-state index is 0. The van der Waals surface area contributed by atoms with E-state index in [4.69, 9.17) is 0 Å². The van der Waals surface area contributed by atoms with Crippen LogP contribution in [0.15, 0.2) is 41.5 Å². The molecule has 7 heteroatoms. The van der Waals surface area contributed by atoms with Crippen molar-refractivity contribution < 1.29 is 4.79 Å². The van der Waals surface area contributed by atoms with Crippen LogP contribution in [0.4, 0.5) is 0 Å². The van der Waals surface area contributed by atoms with Gasteiger partial charge in [-0.2, -0.15) is 0 Å². The van der Waals surface area contributed by atoms with E-state index in [2.05, 4.69) is 32.7 Å². The molecule has 0 bridgehead atoms. The minimum Gasteiger partial charge on any atom is -0.352 e. The van der Waals surface area contributed by atoms with Gasteiger partial charge in [0.15, 0.2) is 5.96 Å². The van der Waals surface area contributed by atoms with Gasteiger partial charge in [-0.3, -0.25) is 14.8 Å². The standard InChI is InChI=1S/C22H29N5O.HI/c1-23-22(25-14-20-19-9-5-4-6-16(19)10-12-24-20)26-18-11-13-27(15-18)21(28)17-7-2-3-8-17;/h4-6,9-10,12,17-18H,2-3,7-8,11,13-15H2,1H3,(H2,23,25,26);1H. The molecule has 1 unspecified atom stereocenters. The van der Waals surface area contributed by atoms with Crippen molar-refractivity contribution >= 4 is 46.6 Å². The van der Waals surface area contributed by atoms with Gasteiger partial charge in [-0.05, 0) is 30.7 Å². The normalized spacial score (nSPS) is 20.0. The van der Waals surface area contributed by atoms with Gasteiger partial charge in [0.05, 0.1) is 12.2 Å². The first-order chi connectivity index (χ1) is 13.7. The average molecular weight is 507 g/mol. The molecule has 1 aromatic carbocycles. The molecule has 2 aliphatic rings. The summed E-state index contributed by atoms with van der Waals surface area (Å²) >= 11 is 0. The monoisotopic (exact) mass is 507 g/mol. The zero-order valence-corrected chi connectivity index (χ0v) is 19.3. The lowest BCUT2D eigenvalue weighted by Crippen LogP contribution is -2.45. The highest BCUT2D eigenvalue weighted by atomic mass is 127. The number of hydrogen-bond donors (Lipinski definition) is 2. The topological polar surface area (TPSA) is 69.6 Å². The predicted octanol–water partition coefficient (Wildman–Crippen LogP) is 3.31. The van der Waals surface area contributed by atoms with E-state index in [-0.39, 0.29) is 35.9 Å². The Hall–Kier alpha value is -1.90. The number of carbonyl (C=O) groups excluding carboxylic acids is 1. The second-order valence-corrected chi connectivity index (χ2v) is 7.80. The fraction of sp³-hybridized carbons (Fsp3) is 0.500. The Morgan fingerprint density at radius 3 is 2.79 bits per heavy atom. The van der Waals surface area contributed by atoms with Crippen molar-refractivity contribution in [3.05, 3.63) is 42.2 Å². The van der Waals surface area contributed by atoms with Crippen LogP contribution in [0.1, 0.15) is 37.8 Å². The third-order valence-corrected chi connectivity index (χ3v) is 5.95. The number of pyridine rings is 1. The Morgan fingerprint density at radius 1 is 1.21 bits per heavy atom. The first-order valence-corrected chi connectivity index (χ1v) is 10.3. The molecule has 1 aliphatic carbocycles. The summed E-state index contributed by atoms with van der Waals surface area (Å²) in [5.74, 6) is 1.37. The van der Waals surface area contributed by atoms with Gasteiger partial charge in [0.2, 0.25) is 5.91 Å². The van der Waals surface area contributed by atoms with Crippen LogP contribution >= 0.6 is 24.0 Å². The van der Waals surface area contributed by atoms with Crippen molar-refractivity contribution in [1.29, 1.82) is 0 Å². The third-order valence-electron chi connectivity index (χ3n) is 5.95. The zero-order chi connectivity index (χ0) is 19.3. The fourth-order valence-corrected chi connectivity index (χ4v) is 4.39. The number of fused-ring (bicyclic) bond motifs is 1. The number of likely N-dealkylation sites (tertiary alicyclic amines) is 1. The van der Waals surface area contributed by atoms with Crippen molar-refractivity contribution in [3.63, 3.8) is 0 Å². The summed E-state index contributed by atoms with van der Waals surface area (Å²) in [6.07, 6.45) is 7.34. The van der Waals surface area contributed by atoms with Gasteiger partial charge in [-0.25, -0.2) is 0 Å². The molecule has 4 rings (SSSR count). The summed E-state index contributed by atoms with van der Waals surface area (Å²) < 4.78 is 0. The smallest absolute Gasteiger partial charge is 0.225 e. The maximum atomic E-state index is 12.6. The Kier molecular flexibility index (Phi) is 7.69. The lowest BCUT2D eigenvalue weighted by atomic mass is 10.1. The van der Waals surface area contributed by atoms with Crippen LogP contribution < -0.4 is 10.6 Å². The number of aromatic nitrogens is 1. The Bertz CT molecular complexity index is 860. The molecular formula is C22H30IN5O.